The van der Waals surface area contributed by atoms with Crippen LogP contribution in [0.2, 0.25) is 0 Å². The Bertz CT molecular complexity index is 473. The van der Waals surface area contributed by atoms with Crippen molar-refractivity contribution >= 4 is 17.3 Å². The van der Waals surface area contributed by atoms with Crippen molar-refractivity contribution < 1.29 is 9.53 Å². The molecule has 1 saturated carbocycles. The molecule has 1 amide bonds. The van der Waals surface area contributed by atoms with Crippen molar-refractivity contribution in [3.05, 3.63) is 18.2 Å². The van der Waals surface area contributed by atoms with Crippen LogP contribution in [0.3, 0.4) is 0 Å². The minimum Gasteiger partial charge on any atom is -0.497 e. The van der Waals surface area contributed by atoms with Gasteiger partial charge in [-0.25, -0.2) is 0 Å². The number of carbonyl (C=O) groups is 1. The average Bonchev–Trinajstić information content (AvgIpc) is 2.54. The molecule has 0 radical (unpaired) electrons. The molecule has 2 N–H and O–H groups in total. The van der Waals surface area contributed by atoms with Gasteiger partial charge < -0.3 is 15.4 Å². The van der Waals surface area contributed by atoms with Crippen LogP contribution >= 0.6 is 0 Å². The average molecular weight is 246 g/mol. The molecule has 1 aliphatic carbocycles. The minimum absolute atomic E-state index is 0.0946. The summed E-state index contributed by atoms with van der Waals surface area (Å²) in [5, 5.41) is 6.52. The third-order valence-electron chi connectivity index (χ3n) is 3.93. The van der Waals surface area contributed by atoms with Crippen molar-refractivity contribution in [3.8, 4) is 5.75 Å². The second kappa shape index (κ2) is 4.52. The smallest absolute Gasteiger partial charge is 0.229 e. The Morgan fingerprint density at radius 1 is 1.22 bits per heavy atom. The van der Waals surface area contributed by atoms with Crippen LogP contribution < -0.4 is 15.4 Å². The number of ether oxygens (including phenoxy) is 1. The number of anilines is 2. The molecule has 0 aromatic heterocycles. The highest BCUT2D eigenvalue weighted by Crippen LogP contribution is 2.36. The third kappa shape index (κ3) is 1.92. The second-order valence-corrected chi connectivity index (χ2v) is 5.04. The van der Waals surface area contributed by atoms with Crippen molar-refractivity contribution in [2.24, 2.45) is 5.92 Å². The number of methoxy groups -OCH3 is 1. The molecule has 4 heteroatoms. The molecule has 4 nitrogen and oxygen atoms in total. The number of carbonyl (C=O) groups excluding carboxylic acids is 1. The van der Waals surface area contributed by atoms with E-state index in [1.165, 1.54) is 6.42 Å². The van der Waals surface area contributed by atoms with E-state index in [9.17, 15) is 4.79 Å². The molecule has 1 heterocycles. The maximum Gasteiger partial charge on any atom is 0.229 e. The molecule has 0 saturated heterocycles. The molecule has 2 unspecified atom stereocenters. The summed E-state index contributed by atoms with van der Waals surface area (Å²) in [5.74, 6) is 0.997. The van der Waals surface area contributed by atoms with Gasteiger partial charge in [-0.1, -0.05) is 12.8 Å². The molecule has 0 bridgehead atoms. The minimum atomic E-state index is 0.0946. The summed E-state index contributed by atoms with van der Waals surface area (Å²) in [6.45, 7) is 0. The molecule has 3 rings (SSSR count). The molecular weight excluding hydrogens is 228 g/mol. The predicted octanol–water partition coefficient (Wildman–Crippen LogP) is 2.62. The second-order valence-electron chi connectivity index (χ2n) is 5.04. The van der Waals surface area contributed by atoms with Crippen molar-refractivity contribution in [1.29, 1.82) is 0 Å². The first kappa shape index (κ1) is 11.4. The van der Waals surface area contributed by atoms with Gasteiger partial charge in [0, 0.05) is 12.1 Å². The number of fused-ring (bicyclic) bond motifs is 2. The fourth-order valence-corrected chi connectivity index (χ4v) is 2.92. The highest BCUT2D eigenvalue weighted by Gasteiger charge is 2.33. The summed E-state index contributed by atoms with van der Waals surface area (Å²) in [4.78, 5) is 12.2. The molecule has 1 aliphatic heterocycles. The van der Waals surface area contributed by atoms with Gasteiger partial charge in [0.1, 0.15) is 5.75 Å². The Kier molecular flexibility index (Phi) is 2.86. The van der Waals surface area contributed by atoms with Crippen LogP contribution in [0.5, 0.6) is 5.75 Å². The van der Waals surface area contributed by atoms with Crippen LogP contribution in [-0.2, 0) is 4.79 Å². The van der Waals surface area contributed by atoms with Gasteiger partial charge in [0.05, 0.1) is 24.4 Å². The summed E-state index contributed by atoms with van der Waals surface area (Å²) < 4.78 is 5.20. The maximum atomic E-state index is 12.2. The SMILES string of the molecule is COc1ccc2c(c1)NC(=O)C1CCCCC1N2. The number of amides is 1. The maximum absolute atomic E-state index is 12.2. The van der Waals surface area contributed by atoms with Crippen LogP contribution in [0.1, 0.15) is 25.7 Å². The van der Waals surface area contributed by atoms with Crippen LogP contribution in [0.15, 0.2) is 18.2 Å². The topological polar surface area (TPSA) is 50.4 Å². The van der Waals surface area contributed by atoms with Crippen LogP contribution in [0.4, 0.5) is 11.4 Å². The number of hydrogen-bond donors (Lipinski definition) is 2. The predicted molar refractivity (Wildman–Crippen MR) is 71.0 cm³/mol. The Morgan fingerprint density at radius 3 is 2.89 bits per heavy atom. The van der Waals surface area contributed by atoms with E-state index in [0.29, 0.717) is 0 Å². The number of rotatable bonds is 1. The first-order valence-electron chi connectivity index (χ1n) is 6.53. The lowest BCUT2D eigenvalue weighted by Crippen LogP contribution is -2.37. The zero-order chi connectivity index (χ0) is 12.5. The van der Waals surface area contributed by atoms with Crippen molar-refractivity contribution in [2.75, 3.05) is 17.7 Å². The first-order valence-corrected chi connectivity index (χ1v) is 6.53. The quantitative estimate of drug-likeness (QED) is 0.801. The molecule has 2 aliphatic rings. The van der Waals surface area contributed by atoms with E-state index in [-0.39, 0.29) is 17.9 Å². The van der Waals surface area contributed by atoms with Crippen molar-refractivity contribution in [3.63, 3.8) is 0 Å². The van der Waals surface area contributed by atoms with E-state index in [2.05, 4.69) is 10.6 Å². The van der Waals surface area contributed by atoms with Crippen LogP contribution in [0.25, 0.3) is 0 Å². The largest absolute Gasteiger partial charge is 0.497 e. The van der Waals surface area contributed by atoms with Gasteiger partial charge in [-0.3, -0.25) is 4.79 Å². The fourth-order valence-electron chi connectivity index (χ4n) is 2.92. The normalized spacial score (nSPS) is 26.2. The molecule has 1 aromatic rings. The molecule has 18 heavy (non-hydrogen) atoms. The van der Waals surface area contributed by atoms with Gasteiger partial charge in [-0.15, -0.1) is 0 Å². The van der Waals surface area contributed by atoms with Gasteiger partial charge >= 0.3 is 0 Å². The Labute approximate surface area is 107 Å². The van der Waals surface area contributed by atoms with E-state index >= 15 is 0 Å². The lowest BCUT2D eigenvalue weighted by molar-refractivity contribution is -0.120. The van der Waals surface area contributed by atoms with E-state index in [1.54, 1.807) is 7.11 Å². The summed E-state index contributed by atoms with van der Waals surface area (Å²) in [6, 6.07) is 6.04. The van der Waals surface area contributed by atoms with E-state index in [4.69, 9.17) is 4.74 Å². The van der Waals surface area contributed by atoms with E-state index in [1.807, 2.05) is 18.2 Å². The lowest BCUT2D eigenvalue weighted by Gasteiger charge is -2.29. The zero-order valence-corrected chi connectivity index (χ0v) is 10.5. The monoisotopic (exact) mass is 246 g/mol. The van der Waals surface area contributed by atoms with Gasteiger partial charge in [0.2, 0.25) is 5.91 Å². The molecule has 1 fully saturated rings. The van der Waals surface area contributed by atoms with Gasteiger partial charge in [0.25, 0.3) is 0 Å². The Hall–Kier alpha value is -1.71. The van der Waals surface area contributed by atoms with Gasteiger partial charge in [0.15, 0.2) is 0 Å². The summed E-state index contributed by atoms with van der Waals surface area (Å²) in [7, 11) is 1.63. The Morgan fingerprint density at radius 2 is 2.06 bits per heavy atom. The van der Waals surface area contributed by atoms with Gasteiger partial charge in [-0.05, 0) is 25.0 Å². The van der Waals surface area contributed by atoms with E-state index < -0.39 is 0 Å². The molecule has 2 atom stereocenters. The highest BCUT2D eigenvalue weighted by atomic mass is 16.5. The molecule has 1 aromatic carbocycles. The molecule has 0 spiro atoms. The summed E-state index contributed by atoms with van der Waals surface area (Å²) in [6.07, 6.45) is 4.40. The number of benzene rings is 1. The summed E-state index contributed by atoms with van der Waals surface area (Å²) >= 11 is 0. The Balaban J connectivity index is 1.95. The van der Waals surface area contributed by atoms with Crippen LogP contribution in [-0.4, -0.2) is 19.1 Å². The van der Waals surface area contributed by atoms with Gasteiger partial charge in [-0.2, -0.15) is 0 Å². The number of hydrogen-bond acceptors (Lipinski definition) is 3. The number of nitrogens with one attached hydrogen (secondary N) is 2. The van der Waals surface area contributed by atoms with Crippen molar-refractivity contribution in [2.45, 2.75) is 31.7 Å². The summed E-state index contributed by atoms with van der Waals surface area (Å²) in [5.41, 5.74) is 1.83. The van der Waals surface area contributed by atoms with E-state index in [0.717, 1.165) is 36.4 Å². The lowest BCUT2D eigenvalue weighted by atomic mass is 9.84. The zero-order valence-electron chi connectivity index (χ0n) is 10.5. The third-order valence-corrected chi connectivity index (χ3v) is 3.93. The molecular formula is C14H18N2O2. The first-order chi connectivity index (χ1) is 8.78. The molecule has 96 valence electrons. The highest BCUT2D eigenvalue weighted by molar-refractivity contribution is 5.98. The fraction of sp³-hybridized carbons (Fsp3) is 0.500. The van der Waals surface area contributed by atoms with Crippen LogP contribution in [0, 0.1) is 5.92 Å². The van der Waals surface area contributed by atoms with Crippen molar-refractivity contribution in [1.82, 2.24) is 0 Å². The standard InChI is InChI=1S/C14H18N2O2/c1-18-9-6-7-12-13(8-9)16-14(17)10-4-2-3-5-11(10)15-12/h6-8,10-11,15H,2-5H2,1H3,(H,16,17).